The SMILES string of the molecule is O=C1CCCC(=O)N1N1C(=O)c2ccccc2C1N1CCNC(CC2CCN(c3ccc(C4c5ccc(O)cc5OCC4c4ccccc4)cc3F)CC2)C1F. The molecule has 0 saturated carbocycles. The minimum Gasteiger partial charge on any atom is -0.508 e. The van der Waals surface area contributed by atoms with Gasteiger partial charge < -0.3 is 20.1 Å². The number of halogens is 2. The Bertz CT molecular complexity index is 2130. The second-order valence-electron chi connectivity index (χ2n) is 15.6. The Morgan fingerprint density at radius 1 is 0.821 bits per heavy atom. The van der Waals surface area contributed by atoms with E-state index in [0.717, 1.165) is 34.5 Å². The first-order valence-corrected chi connectivity index (χ1v) is 19.7. The lowest BCUT2D eigenvalue weighted by Gasteiger charge is -2.46. The van der Waals surface area contributed by atoms with Crippen LogP contribution in [0, 0.1) is 11.7 Å². The molecule has 3 saturated heterocycles. The van der Waals surface area contributed by atoms with E-state index in [-0.39, 0.29) is 42.2 Å². The molecule has 5 unspecified atom stereocenters. The zero-order chi connectivity index (χ0) is 38.5. The number of carbonyl (C=O) groups is 3. The zero-order valence-electron chi connectivity index (χ0n) is 31.0. The molecule has 0 spiro atoms. The van der Waals surface area contributed by atoms with E-state index in [1.54, 1.807) is 47.4 Å². The number of rotatable bonds is 7. The maximum absolute atomic E-state index is 16.8. The van der Waals surface area contributed by atoms with Gasteiger partial charge in [0.25, 0.3) is 5.91 Å². The number of fused-ring (bicyclic) bond motifs is 2. The maximum Gasteiger partial charge on any atom is 0.275 e. The van der Waals surface area contributed by atoms with E-state index >= 15 is 8.78 Å². The Morgan fingerprint density at radius 3 is 2.34 bits per heavy atom. The normalized spacial score (nSPS) is 25.9. The quantitative estimate of drug-likeness (QED) is 0.160. The predicted molar refractivity (Wildman–Crippen MR) is 205 cm³/mol. The number of nitrogens with zero attached hydrogens (tertiary/aromatic N) is 4. The number of nitrogens with one attached hydrogen (secondary N) is 1. The van der Waals surface area contributed by atoms with E-state index in [1.807, 2.05) is 36.4 Å². The van der Waals surface area contributed by atoms with Gasteiger partial charge in [-0.1, -0.05) is 60.7 Å². The lowest BCUT2D eigenvalue weighted by atomic mass is 9.76. The molecule has 3 amide bonds. The highest BCUT2D eigenvalue weighted by atomic mass is 19.1. The molecule has 0 bridgehead atoms. The van der Waals surface area contributed by atoms with Crippen LogP contribution in [0.25, 0.3) is 0 Å². The van der Waals surface area contributed by atoms with Crippen molar-refractivity contribution in [3.63, 3.8) is 0 Å². The topological polar surface area (TPSA) is 106 Å². The molecular formula is C44H45F2N5O5. The van der Waals surface area contributed by atoms with Crippen molar-refractivity contribution in [3.05, 3.63) is 125 Å². The number of hydrogen-bond donors (Lipinski definition) is 2. The van der Waals surface area contributed by atoms with Crippen molar-refractivity contribution in [1.29, 1.82) is 0 Å². The van der Waals surface area contributed by atoms with Crippen LogP contribution in [0.15, 0.2) is 91.0 Å². The summed E-state index contributed by atoms with van der Waals surface area (Å²) in [6, 6.07) is 27.2. The summed E-state index contributed by atoms with van der Waals surface area (Å²) in [7, 11) is 0. The maximum atomic E-state index is 16.8. The van der Waals surface area contributed by atoms with Crippen molar-refractivity contribution >= 4 is 23.4 Å². The third-order valence-electron chi connectivity index (χ3n) is 12.4. The molecular weight excluding hydrogens is 717 g/mol. The van der Waals surface area contributed by atoms with Gasteiger partial charge in [0.1, 0.15) is 23.5 Å². The number of hydrazine groups is 1. The number of benzene rings is 4. The lowest BCUT2D eigenvalue weighted by molar-refractivity contribution is -0.177. The Balaban J connectivity index is 0.890. The Morgan fingerprint density at radius 2 is 1.57 bits per heavy atom. The van der Waals surface area contributed by atoms with Crippen molar-refractivity contribution in [2.45, 2.75) is 68.9 Å². The molecule has 290 valence electrons. The highest BCUT2D eigenvalue weighted by molar-refractivity contribution is 6.05. The standard InChI is InChI=1S/C44H45F2N5O5/c45-35-24-29(41-33-15-14-30(52)25-38(33)56-26-34(41)28-7-2-1-3-8-28)13-16-37(35)48-20-17-27(18-21-48)23-36-42(46)49(22-19-47-36)43-31-9-4-5-10-32(31)44(55)51(43)50-39(53)11-6-12-40(50)54/h1-5,7-10,13-16,24-25,27,34,36,41-43,47,52H,6,11-12,17-23,26H2. The molecule has 0 aromatic heterocycles. The zero-order valence-corrected chi connectivity index (χ0v) is 31.0. The first kappa shape index (κ1) is 36.3. The van der Waals surface area contributed by atoms with Crippen LogP contribution in [0.5, 0.6) is 11.5 Å². The second kappa shape index (κ2) is 15.0. The summed E-state index contributed by atoms with van der Waals surface area (Å²) in [5.41, 5.74) is 4.34. The molecule has 56 heavy (non-hydrogen) atoms. The average Bonchev–Trinajstić information content (AvgIpc) is 3.50. The molecule has 12 heteroatoms. The van der Waals surface area contributed by atoms with Crippen molar-refractivity contribution in [1.82, 2.24) is 20.2 Å². The number of imide groups is 1. The number of anilines is 1. The van der Waals surface area contributed by atoms with Crippen LogP contribution >= 0.6 is 0 Å². The first-order valence-electron chi connectivity index (χ1n) is 19.7. The third-order valence-corrected chi connectivity index (χ3v) is 12.4. The van der Waals surface area contributed by atoms with E-state index < -0.39 is 36.2 Å². The molecule has 5 aliphatic rings. The average molecular weight is 762 g/mol. The van der Waals surface area contributed by atoms with E-state index in [1.165, 1.54) is 5.01 Å². The summed E-state index contributed by atoms with van der Waals surface area (Å²) >= 11 is 0. The fourth-order valence-electron chi connectivity index (χ4n) is 9.61. The Labute approximate surface area is 324 Å². The third kappa shape index (κ3) is 6.48. The molecule has 9 rings (SSSR count). The summed E-state index contributed by atoms with van der Waals surface area (Å²) in [5, 5.41) is 15.7. The second-order valence-corrected chi connectivity index (χ2v) is 15.6. The minimum absolute atomic E-state index is 0.0420. The summed E-state index contributed by atoms with van der Waals surface area (Å²) in [5.74, 6) is -0.966. The van der Waals surface area contributed by atoms with Crippen molar-refractivity contribution in [3.8, 4) is 11.5 Å². The number of amides is 3. The van der Waals surface area contributed by atoms with Gasteiger partial charge in [-0.3, -0.25) is 14.4 Å². The fraction of sp³-hybridized carbons (Fsp3) is 0.386. The van der Waals surface area contributed by atoms with Crippen LogP contribution < -0.4 is 15.0 Å². The highest BCUT2D eigenvalue weighted by Crippen LogP contribution is 2.48. The monoisotopic (exact) mass is 761 g/mol. The number of hydrogen-bond acceptors (Lipinski definition) is 8. The molecule has 4 aromatic rings. The smallest absolute Gasteiger partial charge is 0.275 e. The number of ether oxygens (including phenoxy) is 1. The number of piperazine rings is 1. The van der Waals surface area contributed by atoms with Crippen molar-refractivity contribution < 1.29 is 33.0 Å². The summed E-state index contributed by atoms with van der Waals surface area (Å²) in [4.78, 5) is 43.5. The van der Waals surface area contributed by atoms with Gasteiger partial charge in [-0.25, -0.2) is 18.7 Å². The number of aromatic hydroxyl groups is 1. The predicted octanol–water partition coefficient (Wildman–Crippen LogP) is 6.62. The number of alkyl halides is 1. The van der Waals surface area contributed by atoms with Crippen LogP contribution in [-0.2, 0) is 9.59 Å². The van der Waals surface area contributed by atoms with Crippen LogP contribution in [-0.4, -0.2) is 82.9 Å². The molecule has 0 radical (unpaired) electrons. The molecule has 4 aromatic carbocycles. The number of piperidine rings is 2. The largest absolute Gasteiger partial charge is 0.508 e. The molecule has 5 aliphatic heterocycles. The molecule has 3 fully saturated rings. The van der Waals surface area contributed by atoms with E-state index in [9.17, 15) is 19.5 Å². The van der Waals surface area contributed by atoms with Crippen LogP contribution in [0.3, 0.4) is 0 Å². The van der Waals surface area contributed by atoms with E-state index in [2.05, 4.69) is 22.3 Å². The number of carbonyl (C=O) groups excluding carboxylic acids is 3. The molecule has 0 aliphatic carbocycles. The van der Waals surface area contributed by atoms with Gasteiger partial charge in [-0.15, -0.1) is 0 Å². The van der Waals surface area contributed by atoms with E-state index in [4.69, 9.17) is 4.74 Å². The minimum atomic E-state index is -1.48. The van der Waals surface area contributed by atoms with Crippen molar-refractivity contribution in [2.75, 3.05) is 37.7 Å². The van der Waals surface area contributed by atoms with Gasteiger partial charge in [-0.2, -0.15) is 5.01 Å². The summed E-state index contributed by atoms with van der Waals surface area (Å²) < 4.78 is 39.0. The van der Waals surface area contributed by atoms with E-state index in [0.29, 0.717) is 68.2 Å². The Kier molecular flexibility index (Phi) is 9.70. The van der Waals surface area contributed by atoms with Crippen LogP contribution in [0.1, 0.15) is 89.1 Å². The van der Waals surface area contributed by atoms with Gasteiger partial charge in [0, 0.05) is 73.6 Å². The first-order chi connectivity index (χ1) is 27.3. The fourth-order valence-corrected chi connectivity index (χ4v) is 9.61. The van der Waals surface area contributed by atoms with Crippen LogP contribution in [0.2, 0.25) is 0 Å². The number of phenols is 1. The summed E-state index contributed by atoms with van der Waals surface area (Å²) in [6.07, 6.45) is 0.406. The van der Waals surface area contributed by atoms with Crippen LogP contribution in [0.4, 0.5) is 14.5 Å². The van der Waals surface area contributed by atoms with Gasteiger partial charge in [0.05, 0.1) is 18.3 Å². The van der Waals surface area contributed by atoms with Gasteiger partial charge >= 0.3 is 0 Å². The molecule has 2 N–H and O–H groups in total. The van der Waals surface area contributed by atoms with Crippen molar-refractivity contribution in [2.24, 2.45) is 5.92 Å². The lowest BCUT2D eigenvalue weighted by Crippen LogP contribution is -2.62. The number of phenolic OH excluding ortho intramolecular Hbond substituents is 1. The van der Waals surface area contributed by atoms with Gasteiger partial charge in [0.15, 0.2) is 6.30 Å². The highest BCUT2D eigenvalue weighted by Gasteiger charge is 2.51. The molecule has 10 nitrogen and oxygen atoms in total. The Hall–Kier alpha value is -5.33. The molecule has 5 atom stereocenters. The van der Waals surface area contributed by atoms with Gasteiger partial charge in [0.2, 0.25) is 11.8 Å². The summed E-state index contributed by atoms with van der Waals surface area (Å²) in [6.45, 7) is 2.42. The van der Waals surface area contributed by atoms with Gasteiger partial charge in [-0.05, 0) is 67.0 Å². The molecule has 5 heterocycles.